The molecule has 0 bridgehead atoms. The molecule has 3 N–H and O–H groups in total. The molecule has 5 nitrogen and oxygen atoms in total. The highest BCUT2D eigenvalue weighted by atomic mass is 79.9. The predicted molar refractivity (Wildman–Crippen MR) is 60.3 cm³/mol. The van der Waals surface area contributed by atoms with Gasteiger partial charge in [-0.25, -0.2) is 9.18 Å². The summed E-state index contributed by atoms with van der Waals surface area (Å²) in [5.74, 6) is -2.08. The smallest absolute Gasteiger partial charge is 0.353 e. The van der Waals surface area contributed by atoms with Crippen molar-refractivity contribution >= 4 is 21.9 Å². The molecular weight excluding hydrogens is 295 g/mol. The van der Waals surface area contributed by atoms with Crippen molar-refractivity contribution < 1.29 is 19.4 Å². The molecular formula is C10H6BrFN2O3. The summed E-state index contributed by atoms with van der Waals surface area (Å²) in [4.78, 5) is 10.6. The zero-order valence-corrected chi connectivity index (χ0v) is 9.82. The molecule has 0 aliphatic carbocycles. The average molecular weight is 301 g/mol. The summed E-state index contributed by atoms with van der Waals surface area (Å²) in [7, 11) is 0. The van der Waals surface area contributed by atoms with Crippen molar-refractivity contribution in [3.8, 4) is 17.0 Å². The SMILES string of the molecule is O=C(O)c1cc(-c2cc(Br)c(F)cc2O)n[nH]1. The highest BCUT2D eigenvalue weighted by Gasteiger charge is 2.14. The lowest BCUT2D eigenvalue weighted by molar-refractivity contribution is 0.0690. The first kappa shape index (κ1) is 11.6. The van der Waals surface area contributed by atoms with Crippen LogP contribution < -0.4 is 0 Å². The lowest BCUT2D eigenvalue weighted by Crippen LogP contribution is -1.95. The minimum atomic E-state index is -1.16. The number of hydrogen-bond donors (Lipinski definition) is 3. The van der Waals surface area contributed by atoms with Gasteiger partial charge in [-0.05, 0) is 28.1 Å². The highest BCUT2D eigenvalue weighted by Crippen LogP contribution is 2.32. The summed E-state index contributed by atoms with van der Waals surface area (Å²) < 4.78 is 13.2. The van der Waals surface area contributed by atoms with Gasteiger partial charge in [0.1, 0.15) is 17.3 Å². The number of rotatable bonds is 2. The molecule has 2 rings (SSSR count). The van der Waals surface area contributed by atoms with Crippen molar-refractivity contribution in [3.63, 3.8) is 0 Å². The van der Waals surface area contributed by atoms with E-state index in [2.05, 4.69) is 26.1 Å². The number of carbonyl (C=O) groups is 1. The largest absolute Gasteiger partial charge is 0.507 e. The third-order valence-corrected chi connectivity index (χ3v) is 2.73. The zero-order chi connectivity index (χ0) is 12.6. The predicted octanol–water partition coefficient (Wildman–Crippen LogP) is 2.38. The van der Waals surface area contributed by atoms with Crippen LogP contribution in [0.2, 0.25) is 0 Å². The molecule has 0 fully saturated rings. The quantitative estimate of drug-likeness (QED) is 0.795. The molecule has 0 amide bonds. The Hall–Kier alpha value is -1.89. The van der Waals surface area contributed by atoms with Crippen molar-refractivity contribution in [1.29, 1.82) is 0 Å². The van der Waals surface area contributed by atoms with Crippen LogP contribution in [0.4, 0.5) is 4.39 Å². The van der Waals surface area contributed by atoms with E-state index in [0.717, 1.165) is 6.07 Å². The third kappa shape index (κ3) is 2.14. The summed E-state index contributed by atoms with van der Waals surface area (Å²) >= 11 is 2.97. The number of nitrogens with one attached hydrogen (secondary N) is 1. The molecule has 17 heavy (non-hydrogen) atoms. The van der Waals surface area contributed by atoms with Crippen molar-refractivity contribution in [2.24, 2.45) is 0 Å². The van der Waals surface area contributed by atoms with Crippen LogP contribution >= 0.6 is 15.9 Å². The molecule has 0 spiro atoms. The molecule has 0 saturated carbocycles. The minimum absolute atomic E-state index is 0.111. The number of nitrogens with zero attached hydrogens (tertiary/aromatic N) is 1. The number of phenolic OH excluding ortho intramolecular Hbond substituents is 1. The molecule has 0 radical (unpaired) electrons. The van der Waals surface area contributed by atoms with Gasteiger partial charge in [-0.3, -0.25) is 5.10 Å². The van der Waals surface area contributed by atoms with E-state index in [4.69, 9.17) is 5.11 Å². The Morgan fingerprint density at radius 2 is 2.12 bits per heavy atom. The molecule has 1 aromatic carbocycles. The Morgan fingerprint density at radius 1 is 1.41 bits per heavy atom. The number of carboxylic acid groups (broad SMARTS) is 1. The first-order valence-corrected chi connectivity index (χ1v) is 5.25. The fourth-order valence-corrected chi connectivity index (χ4v) is 1.65. The van der Waals surface area contributed by atoms with E-state index in [1.165, 1.54) is 12.1 Å². The van der Waals surface area contributed by atoms with E-state index >= 15 is 0 Å². The van der Waals surface area contributed by atoms with E-state index in [1.54, 1.807) is 0 Å². The molecule has 7 heteroatoms. The van der Waals surface area contributed by atoms with Gasteiger partial charge in [0.05, 0.1) is 10.2 Å². The summed E-state index contributed by atoms with van der Waals surface area (Å²) in [5.41, 5.74) is 0.350. The monoisotopic (exact) mass is 300 g/mol. The van der Waals surface area contributed by atoms with Crippen LogP contribution in [0.5, 0.6) is 5.75 Å². The van der Waals surface area contributed by atoms with Gasteiger partial charge in [-0.15, -0.1) is 0 Å². The average Bonchev–Trinajstić information content (AvgIpc) is 2.72. The maximum atomic E-state index is 13.1. The molecule has 1 heterocycles. The van der Waals surface area contributed by atoms with Crippen molar-refractivity contribution in [2.45, 2.75) is 0 Å². The number of aromatic amines is 1. The number of benzene rings is 1. The molecule has 0 aliphatic heterocycles. The second kappa shape index (κ2) is 4.17. The van der Waals surface area contributed by atoms with Gasteiger partial charge in [-0.1, -0.05) is 0 Å². The first-order valence-electron chi connectivity index (χ1n) is 4.46. The molecule has 0 saturated heterocycles. The summed E-state index contributed by atoms with van der Waals surface area (Å²) in [5, 5.41) is 24.3. The fraction of sp³-hybridized carbons (Fsp3) is 0. The number of aromatic hydroxyl groups is 1. The van der Waals surface area contributed by atoms with Crippen LogP contribution in [0.3, 0.4) is 0 Å². The van der Waals surface area contributed by atoms with Gasteiger partial charge < -0.3 is 10.2 Å². The molecule has 0 atom stereocenters. The van der Waals surface area contributed by atoms with Gasteiger partial charge in [0.15, 0.2) is 0 Å². The number of halogens is 2. The normalized spacial score (nSPS) is 10.5. The van der Waals surface area contributed by atoms with Crippen molar-refractivity contribution in [1.82, 2.24) is 10.2 Å². The number of aromatic carboxylic acids is 1. The van der Waals surface area contributed by atoms with Crippen LogP contribution in [-0.2, 0) is 0 Å². The number of aromatic nitrogens is 2. The van der Waals surface area contributed by atoms with Gasteiger partial charge in [0.25, 0.3) is 0 Å². The van der Waals surface area contributed by atoms with Crippen molar-refractivity contribution in [3.05, 3.63) is 34.2 Å². The van der Waals surface area contributed by atoms with Gasteiger partial charge in [0, 0.05) is 11.6 Å². The Morgan fingerprint density at radius 3 is 2.71 bits per heavy atom. The third-order valence-electron chi connectivity index (χ3n) is 2.12. The summed E-state index contributed by atoms with van der Waals surface area (Å²) in [6.07, 6.45) is 0. The number of carboxylic acids is 1. The maximum absolute atomic E-state index is 13.1. The van der Waals surface area contributed by atoms with Crippen LogP contribution in [-0.4, -0.2) is 26.4 Å². The lowest BCUT2D eigenvalue weighted by Gasteiger charge is -2.02. The van der Waals surface area contributed by atoms with Crippen LogP contribution in [0, 0.1) is 5.82 Å². The topological polar surface area (TPSA) is 86.2 Å². The highest BCUT2D eigenvalue weighted by molar-refractivity contribution is 9.10. The summed E-state index contributed by atoms with van der Waals surface area (Å²) in [6.45, 7) is 0. The van der Waals surface area contributed by atoms with E-state index in [9.17, 15) is 14.3 Å². The fourth-order valence-electron chi connectivity index (χ4n) is 1.31. The van der Waals surface area contributed by atoms with Crippen molar-refractivity contribution in [2.75, 3.05) is 0 Å². The maximum Gasteiger partial charge on any atom is 0.353 e. The van der Waals surface area contributed by atoms with Gasteiger partial charge >= 0.3 is 5.97 Å². The Balaban J connectivity index is 2.52. The minimum Gasteiger partial charge on any atom is -0.507 e. The molecule has 0 aliphatic rings. The Bertz CT molecular complexity index is 597. The Labute approximate surface area is 103 Å². The molecule has 2 aromatic rings. The molecule has 0 unspecified atom stereocenters. The number of H-pyrrole nitrogens is 1. The van der Waals surface area contributed by atoms with Gasteiger partial charge in [0.2, 0.25) is 0 Å². The van der Waals surface area contributed by atoms with E-state index in [-0.39, 0.29) is 27.2 Å². The standard InChI is InChI=1S/C10H6BrFN2O3/c11-5-1-4(9(15)2-6(5)12)7-3-8(10(16)17)14-13-7/h1-3,15H,(H,13,14)(H,16,17). The van der Waals surface area contributed by atoms with E-state index < -0.39 is 11.8 Å². The zero-order valence-electron chi connectivity index (χ0n) is 8.24. The van der Waals surface area contributed by atoms with Gasteiger partial charge in [-0.2, -0.15) is 5.10 Å². The summed E-state index contributed by atoms with van der Waals surface area (Å²) in [6, 6.07) is 3.50. The number of hydrogen-bond acceptors (Lipinski definition) is 3. The molecule has 1 aromatic heterocycles. The second-order valence-electron chi connectivity index (χ2n) is 3.26. The van der Waals surface area contributed by atoms with Crippen LogP contribution in [0.15, 0.2) is 22.7 Å². The number of phenols is 1. The van der Waals surface area contributed by atoms with Crippen LogP contribution in [0.25, 0.3) is 11.3 Å². The van der Waals surface area contributed by atoms with E-state index in [1.807, 2.05) is 0 Å². The lowest BCUT2D eigenvalue weighted by atomic mass is 10.1. The van der Waals surface area contributed by atoms with E-state index in [0.29, 0.717) is 0 Å². The molecule has 88 valence electrons. The first-order chi connectivity index (χ1) is 7.99. The van der Waals surface area contributed by atoms with Crippen LogP contribution in [0.1, 0.15) is 10.5 Å². The Kier molecular flexibility index (Phi) is 2.84. The second-order valence-corrected chi connectivity index (χ2v) is 4.11.